The molecule has 0 bridgehead atoms. The number of carbonyl (C=O) groups is 2. The molecule has 0 aliphatic carbocycles. The third-order valence-electron chi connectivity index (χ3n) is 2.73. The van der Waals surface area contributed by atoms with Crippen LogP contribution in [0.15, 0.2) is 30.0 Å². The number of benzene rings is 1. The van der Waals surface area contributed by atoms with E-state index >= 15 is 0 Å². The maximum Gasteiger partial charge on any atom is 0.416 e. The van der Waals surface area contributed by atoms with Gasteiger partial charge in [-0.15, -0.1) is 0 Å². The smallest absolute Gasteiger partial charge is 0.416 e. The number of rotatable bonds is 2. The predicted molar refractivity (Wildman–Crippen MR) is 74.4 cm³/mol. The molecule has 1 saturated heterocycles. The van der Waals surface area contributed by atoms with Crippen molar-refractivity contribution in [2.75, 3.05) is 5.32 Å². The molecule has 0 radical (unpaired) electrons. The second-order valence-corrected chi connectivity index (χ2v) is 5.54. The zero-order chi connectivity index (χ0) is 17.4. The molecule has 9 heteroatoms. The molecule has 23 heavy (non-hydrogen) atoms. The Morgan fingerprint density at radius 1 is 1.13 bits per heavy atom. The van der Waals surface area contributed by atoms with Crippen LogP contribution in [0.5, 0.6) is 0 Å². The second kappa shape index (κ2) is 5.77. The molecule has 0 amide bonds. The van der Waals surface area contributed by atoms with Gasteiger partial charge < -0.3 is 14.8 Å². The van der Waals surface area contributed by atoms with Gasteiger partial charge in [-0.2, -0.15) is 13.2 Å². The van der Waals surface area contributed by atoms with Gasteiger partial charge in [-0.1, -0.05) is 11.6 Å². The quantitative estimate of drug-likeness (QED) is 0.503. The molecule has 5 nitrogen and oxygen atoms in total. The van der Waals surface area contributed by atoms with Crippen molar-refractivity contribution >= 4 is 29.2 Å². The number of halogens is 4. The summed E-state index contributed by atoms with van der Waals surface area (Å²) in [7, 11) is 0. The first-order valence-electron chi connectivity index (χ1n) is 6.29. The van der Waals surface area contributed by atoms with Gasteiger partial charge in [0.25, 0.3) is 5.79 Å². The standard InChI is InChI=1S/C14H11ClF3NO4/c1-13(2)22-11(20)10(12(21)23-13)6-19-9-4-7(14(16,17)18)3-8(15)5-9/h3-6,19H,1-2H3. The van der Waals surface area contributed by atoms with Crippen LogP contribution in [0.25, 0.3) is 0 Å². The van der Waals surface area contributed by atoms with Crippen molar-refractivity contribution in [3.63, 3.8) is 0 Å². The maximum absolute atomic E-state index is 12.7. The lowest BCUT2D eigenvalue weighted by molar-refractivity contribution is -0.222. The summed E-state index contributed by atoms with van der Waals surface area (Å²) in [5.41, 5.74) is -1.50. The molecule has 124 valence electrons. The average Bonchev–Trinajstić information content (AvgIpc) is 2.34. The molecular formula is C14H11ClF3NO4. The van der Waals surface area contributed by atoms with Crippen molar-refractivity contribution in [3.8, 4) is 0 Å². The third kappa shape index (κ3) is 4.16. The highest BCUT2D eigenvalue weighted by molar-refractivity contribution is 6.31. The van der Waals surface area contributed by atoms with Gasteiger partial charge >= 0.3 is 18.1 Å². The Kier molecular flexibility index (Phi) is 4.30. The number of nitrogens with one attached hydrogen (secondary N) is 1. The zero-order valence-corrected chi connectivity index (χ0v) is 12.7. The summed E-state index contributed by atoms with van der Waals surface area (Å²) in [5, 5.41) is 2.25. The molecule has 0 unspecified atom stereocenters. The summed E-state index contributed by atoms with van der Waals surface area (Å²) in [6, 6.07) is 2.75. The topological polar surface area (TPSA) is 64.6 Å². The lowest BCUT2D eigenvalue weighted by Crippen LogP contribution is -2.42. The third-order valence-corrected chi connectivity index (χ3v) is 2.94. The van der Waals surface area contributed by atoms with Gasteiger partial charge in [0.2, 0.25) is 0 Å². The van der Waals surface area contributed by atoms with Gasteiger partial charge in [-0.05, 0) is 18.2 Å². The molecule has 2 rings (SSSR count). The van der Waals surface area contributed by atoms with E-state index in [1.807, 2.05) is 0 Å². The first-order chi connectivity index (χ1) is 10.5. The van der Waals surface area contributed by atoms with E-state index in [9.17, 15) is 22.8 Å². The van der Waals surface area contributed by atoms with Crippen LogP contribution in [0.1, 0.15) is 19.4 Å². The molecule has 0 saturated carbocycles. The zero-order valence-electron chi connectivity index (χ0n) is 12.0. The molecular weight excluding hydrogens is 339 g/mol. The van der Waals surface area contributed by atoms with E-state index in [-0.39, 0.29) is 10.7 Å². The van der Waals surface area contributed by atoms with Crippen molar-refractivity contribution < 1.29 is 32.2 Å². The predicted octanol–water partition coefficient (Wildman–Crippen LogP) is 3.49. The minimum atomic E-state index is -4.58. The van der Waals surface area contributed by atoms with Crippen molar-refractivity contribution in [1.82, 2.24) is 0 Å². The van der Waals surface area contributed by atoms with E-state index in [1.54, 1.807) is 0 Å². The lowest BCUT2D eigenvalue weighted by atomic mass is 10.2. The summed E-state index contributed by atoms with van der Waals surface area (Å²) in [4.78, 5) is 23.4. The van der Waals surface area contributed by atoms with Gasteiger partial charge in [0.15, 0.2) is 5.57 Å². The van der Waals surface area contributed by atoms with Crippen LogP contribution in [0, 0.1) is 0 Å². The Labute approximate surface area is 134 Å². The molecule has 0 aromatic heterocycles. The van der Waals surface area contributed by atoms with Gasteiger partial charge in [-0.3, -0.25) is 0 Å². The Morgan fingerprint density at radius 3 is 2.22 bits per heavy atom. The summed E-state index contributed by atoms with van der Waals surface area (Å²) in [5.74, 6) is -3.29. The summed E-state index contributed by atoms with van der Waals surface area (Å²) in [6.07, 6.45) is -3.67. The normalized spacial score (nSPS) is 17.4. The van der Waals surface area contributed by atoms with Crippen LogP contribution in [-0.2, 0) is 25.2 Å². The van der Waals surface area contributed by atoms with E-state index in [2.05, 4.69) is 5.32 Å². The Bertz CT molecular complexity index is 676. The van der Waals surface area contributed by atoms with E-state index in [4.69, 9.17) is 21.1 Å². The number of esters is 2. The fourth-order valence-electron chi connectivity index (χ4n) is 1.77. The first-order valence-corrected chi connectivity index (χ1v) is 6.67. The van der Waals surface area contributed by atoms with Gasteiger partial charge in [0.05, 0.1) is 5.56 Å². The van der Waals surface area contributed by atoms with Crippen molar-refractivity contribution in [2.45, 2.75) is 25.8 Å². The van der Waals surface area contributed by atoms with E-state index in [0.29, 0.717) is 0 Å². The van der Waals surface area contributed by atoms with Crippen molar-refractivity contribution in [2.24, 2.45) is 0 Å². The first kappa shape index (κ1) is 17.1. The minimum absolute atomic E-state index is 0.0530. The second-order valence-electron chi connectivity index (χ2n) is 5.11. The van der Waals surface area contributed by atoms with Gasteiger partial charge in [0, 0.05) is 30.8 Å². The van der Waals surface area contributed by atoms with Gasteiger partial charge in [0.1, 0.15) is 0 Å². The maximum atomic E-state index is 12.7. The van der Waals surface area contributed by atoms with E-state index < -0.39 is 35.0 Å². The Morgan fingerprint density at radius 2 is 1.70 bits per heavy atom. The molecule has 0 atom stereocenters. The number of alkyl halides is 3. The number of ether oxygens (including phenoxy) is 2. The van der Waals surface area contributed by atoms with E-state index in [0.717, 1.165) is 18.3 Å². The lowest BCUT2D eigenvalue weighted by Gasteiger charge is -2.29. The average molecular weight is 350 g/mol. The van der Waals surface area contributed by atoms with E-state index in [1.165, 1.54) is 19.9 Å². The SMILES string of the molecule is CC1(C)OC(=O)C(=CNc2cc(Cl)cc(C(F)(F)F)c2)C(=O)O1. The molecule has 1 N–H and O–H groups in total. The highest BCUT2D eigenvalue weighted by Crippen LogP contribution is 2.33. The highest BCUT2D eigenvalue weighted by Gasteiger charge is 2.39. The van der Waals surface area contributed by atoms with Crippen LogP contribution < -0.4 is 5.32 Å². The summed E-state index contributed by atoms with van der Waals surface area (Å²) < 4.78 is 47.8. The molecule has 1 aliphatic rings. The fourth-order valence-corrected chi connectivity index (χ4v) is 2.01. The molecule has 1 heterocycles. The Balaban J connectivity index is 2.25. The molecule has 1 aromatic carbocycles. The minimum Gasteiger partial charge on any atom is -0.419 e. The van der Waals surface area contributed by atoms with Crippen LogP contribution in [0.3, 0.4) is 0 Å². The summed E-state index contributed by atoms with van der Waals surface area (Å²) in [6.45, 7) is 2.75. The number of cyclic esters (lactones) is 2. The molecule has 1 fully saturated rings. The number of hydrogen-bond acceptors (Lipinski definition) is 5. The van der Waals surface area contributed by atoms with Crippen LogP contribution >= 0.6 is 11.6 Å². The monoisotopic (exact) mass is 349 g/mol. The largest absolute Gasteiger partial charge is 0.419 e. The molecule has 0 spiro atoms. The van der Waals surface area contributed by atoms with Crippen molar-refractivity contribution in [3.05, 3.63) is 40.6 Å². The molecule has 1 aromatic rings. The number of anilines is 1. The van der Waals surface area contributed by atoms with Crippen molar-refractivity contribution in [1.29, 1.82) is 0 Å². The summed E-state index contributed by atoms with van der Waals surface area (Å²) >= 11 is 5.63. The molecule has 1 aliphatic heterocycles. The van der Waals surface area contributed by atoms with Gasteiger partial charge in [-0.25, -0.2) is 9.59 Å². The highest BCUT2D eigenvalue weighted by atomic mass is 35.5. The Hall–Kier alpha value is -2.22. The number of hydrogen-bond donors (Lipinski definition) is 1. The van der Waals surface area contributed by atoms with Crippen LogP contribution in [0.2, 0.25) is 5.02 Å². The number of carbonyl (C=O) groups excluding carboxylic acids is 2. The van der Waals surface area contributed by atoms with Crippen LogP contribution in [0.4, 0.5) is 18.9 Å². The van der Waals surface area contributed by atoms with Crippen LogP contribution in [-0.4, -0.2) is 17.7 Å². The fraction of sp³-hybridized carbons (Fsp3) is 0.286.